The van der Waals surface area contributed by atoms with E-state index in [0.29, 0.717) is 23.9 Å². The van der Waals surface area contributed by atoms with Gasteiger partial charge in [0.2, 0.25) is 5.95 Å². The number of benzene rings is 3. The maximum absolute atomic E-state index is 13.1. The molecule has 4 aromatic rings. The lowest BCUT2D eigenvalue weighted by Gasteiger charge is -2.07. The van der Waals surface area contributed by atoms with Gasteiger partial charge >= 0.3 is 0 Å². The van der Waals surface area contributed by atoms with Gasteiger partial charge in [-0.1, -0.05) is 60.2 Å². The second-order valence-corrected chi connectivity index (χ2v) is 6.69. The topological polar surface area (TPSA) is 59.8 Å². The van der Waals surface area contributed by atoms with Crippen LogP contribution in [0.5, 0.6) is 0 Å². The third kappa shape index (κ3) is 4.21. The molecule has 0 amide bonds. The highest BCUT2D eigenvalue weighted by molar-refractivity contribution is 5.97. The van der Waals surface area contributed by atoms with E-state index in [1.54, 1.807) is 24.3 Å². The highest BCUT2D eigenvalue weighted by Gasteiger charge is 2.18. The molecule has 29 heavy (non-hydrogen) atoms. The van der Waals surface area contributed by atoms with Crippen molar-refractivity contribution in [1.82, 2.24) is 14.8 Å². The molecule has 1 heterocycles. The summed E-state index contributed by atoms with van der Waals surface area (Å²) in [5.74, 6) is 0.213. The Morgan fingerprint density at radius 3 is 2.34 bits per heavy atom. The van der Waals surface area contributed by atoms with Crippen LogP contribution in [0, 0.1) is 12.7 Å². The Labute approximate surface area is 167 Å². The number of halogens is 1. The average Bonchev–Trinajstić information content (AvgIpc) is 3.18. The summed E-state index contributed by atoms with van der Waals surface area (Å²) in [6, 6.07) is 22.9. The molecule has 1 aromatic heterocycles. The number of nitrogens with one attached hydrogen (secondary N) is 1. The monoisotopic (exact) mass is 386 g/mol. The van der Waals surface area contributed by atoms with Gasteiger partial charge in [-0.05, 0) is 36.8 Å². The van der Waals surface area contributed by atoms with E-state index in [1.807, 2.05) is 49.4 Å². The molecule has 1 N–H and O–H groups in total. The van der Waals surface area contributed by atoms with Crippen LogP contribution in [0.3, 0.4) is 0 Å². The van der Waals surface area contributed by atoms with Crippen molar-refractivity contribution in [3.05, 3.63) is 101 Å². The molecule has 0 saturated carbocycles. The van der Waals surface area contributed by atoms with Crippen LogP contribution in [-0.2, 0) is 6.54 Å². The fraction of sp³-hybridized carbons (Fsp3) is 0.0870. The maximum Gasteiger partial charge on any atom is 0.281 e. The highest BCUT2D eigenvalue weighted by Crippen LogP contribution is 2.19. The molecule has 0 aliphatic rings. The summed E-state index contributed by atoms with van der Waals surface area (Å²) in [5.41, 5.74) is 3.27. The Morgan fingerprint density at radius 1 is 0.966 bits per heavy atom. The van der Waals surface area contributed by atoms with Gasteiger partial charge in [0.05, 0.1) is 0 Å². The SMILES string of the molecule is Cc1ccc(C(=O)n2nc(-c3ccccc3)nc2NCc2ccc(F)cc2)cc1. The first-order valence-electron chi connectivity index (χ1n) is 9.22. The molecule has 4 rings (SSSR count). The van der Waals surface area contributed by atoms with Crippen LogP contribution in [0.15, 0.2) is 78.9 Å². The molecule has 144 valence electrons. The summed E-state index contributed by atoms with van der Waals surface area (Å²) >= 11 is 0. The van der Waals surface area contributed by atoms with E-state index in [4.69, 9.17) is 0 Å². The standard InChI is InChI=1S/C23H19FN4O/c1-16-7-11-19(12-8-16)22(29)28-23(25-15-17-9-13-20(24)14-10-17)26-21(27-28)18-5-3-2-4-6-18/h2-14H,15H2,1H3,(H,25,26,27). The summed E-state index contributed by atoms with van der Waals surface area (Å²) in [6.45, 7) is 2.35. The van der Waals surface area contributed by atoms with Gasteiger partial charge < -0.3 is 5.32 Å². The number of anilines is 1. The normalized spacial score (nSPS) is 10.7. The van der Waals surface area contributed by atoms with E-state index in [9.17, 15) is 9.18 Å². The lowest BCUT2D eigenvalue weighted by atomic mass is 10.1. The predicted molar refractivity (Wildman–Crippen MR) is 110 cm³/mol. The second kappa shape index (κ2) is 8.06. The number of carbonyl (C=O) groups is 1. The summed E-state index contributed by atoms with van der Waals surface area (Å²) in [4.78, 5) is 17.6. The van der Waals surface area contributed by atoms with E-state index < -0.39 is 0 Å². The molecule has 0 unspecified atom stereocenters. The molecule has 0 spiro atoms. The Hall–Kier alpha value is -3.80. The summed E-state index contributed by atoms with van der Waals surface area (Å²) < 4.78 is 14.4. The van der Waals surface area contributed by atoms with Crippen LogP contribution in [-0.4, -0.2) is 20.7 Å². The Balaban J connectivity index is 1.67. The Morgan fingerprint density at radius 2 is 1.66 bits per heavy atom. The van der Waals surface area contributed by atoms with Gasteiger partial charge in [-0.15, -0.1) is 5.10 Å². The van der Waals surface area contributed by atoms with Gasteiger partial charge in [0.1, 0.15) is 5.82 Å². The number of aryl methyl sites for hydroxylation is 1. The van der Waals surface area contributed by atoms with Gasteiger partial charge in [-0.3, -0.25) is 4.79 Å². The zero-order valence-electron chi connectivity index (χ0n) is 15.8. The molecule has 0 radical (unpaired) electrons. The van der Waals surface area contributed by atoms with E-state index in [2.05, 4.69) is 15.4 Å². The Bertz CT molecular complexity index is 1120. The van der Waals surface area contributed by atoms with E-state index in [0.717, 1.165) is 16.7 Å². The first kappa shape index (κ1) is 18.6. The second-order valence-electron chi connectivity index (χ2n) is 6.69. The van der Waals surface area contributed by atoms with Crippen molar-refractivity contribution >= 4 is 11.9 Å². The van der Waals surface area contributed by atoms with E-state index in [1.165, 1.54) is 16.8 Å². The largest absolute Gasteiger partial charge is 0.350 e. The van der Waals surface area contributed by atoms with Gasteiger partial charge in [-0.25, -0.2) is 4.39 Å². The smallest absolute Gasteiger partial charge is 0.281 e. The van der Waals surface area contributed by atoms with Crippen molar-refractivity contribution < 1.29 is 9.18 Å². The molecule has 0 aliphatic heterocycles. The molecule has 0 saturated heterocycles. The lowest BCUT2D eigenvalue weighted by Crippen LogP contribution is -2.17. The molecular weight excluding hydrogens is 367 g/mol. The van der Waals surface area contributed by atoms with Gasteiger partial charge in [0.15, 0.2) is 5.82 Å². The minimum absolute atomic E-state index is 0.277. The predicted octanol–water partition coefficient (Wildman–Crippen LogP) is 4.69. The van der Waals surface area contributed by atoms with Crippen LogP contribution < -0.4 is 5.32 Å². The molecule has 3 aromatic carbocycles. The van der Waals surface area contributed by atoms with Crippen LogP contribution in [0.25, 0.3) is 11.4 Å². The molecule has 6 heteroatoms. The molecular formula is C23H19FN4O. The first-order valence-corrected chi connectivity index (χ1v) is 9.22. The van der Waals surface area contributed by atoms with Crippen molar-refractivity contribution in [2.45, 2.75) is 13.5 Å². The van der Waals surface area contributed by atoms with Gasteiger partial charge in [0.25, 0.3) is 5.91 Å². The van der Waals surface area contributed by atoms with Crippen LogP contribution in [0.4, 0.5) is 10.3 Å². The summed E-state index contributed by atoms with van der Waals surface area (Å²) in [5, 5.41) is 7.59. The number of hydrogen-bond donors (Lipinski definition) is 1. The fourth-order valence-electron chi connectivity index (χ4n) is 2.88. The molecule has 5 nitrogen and oxygen atoms in total. The van der Waals surface area contributed by atoms with E-state index in [-0.39, 0.29) is 11.7 Å². The molecule has 0 bridgehead atoms. The lowest BCUT2D eigenvalue weighted by molar-refractivity contribution is 0.0947. The zero-order valence-corrected chi connectivity index (χ0v) is 15.8. The minimum atomic E-state index is -0.294. The summed E-state index contributed by atoms with van der Waals surface area (Å²) in [6.07, 6.45) is 0. The van der Waals surface area contributed by atoms with Crippen molar-refractivity contribution in [1.29, 1.82) is 0 Å². The van der Waals surface area contributed by atoms with Crippen molar-refractivity contribution in [2.24, 2.45) is 0 Å². The molecule has 0 fully saturated rings. The zero-order chi connectivity index (χ0) is 20.2. The van der Waals surface area contributed by atoms with Crippen LogP contribution >= 0.6 is 0 Å². The van der Waals surface area contributed by atoms with E-state index >= 15 is 0 Å². The first-order chi connectivity index (χ1) is 14.1. The quantitative estimate of drug-likeness (QED) is 0.540. The number of carbonyl (C=O) groups excluding carboxylic acids is 1. The van der Waals surface area contributed by atoms with Gasteiger partial charge in [-0.2, -0.15) is 9.67 Å². The highest BCUT2D eigenvalue weighted by atomic mass is 19.1. The minimum Gasteiger partial charge on any atom is -0.350 e. The summed E-state index contributed by atoms with van der Waals surface area (Å²) in [7, 11) is 0. The van der Waals surface area contributed by atoms with Crippen molar-refractivity contribution in [3.8, 4) is 11.4 Å². The van der Waals surface area contributed by atoms with Crippen molar-refractivity contribution in [3.63, 3.8) is 0 Å². The van der Waals surface area contributed by atoms with Crippen LogP contribution in [0.1, 0.15) is 21.5 Å². The number of rotatable bonds is 5. The van der Waals surface area contributed by atoms with Gasteiger partial charge in [0, 0.05) is 17.7 Å². The Kier molecular flexibility index (Phi) is 5.16. The third-order valence-electron chi connectivity index (χ3n) is 4.49. The number of aromatic nitrogens is 3. The third-order valence-corrected chi connectivity index (χ3v) is 4.49. The fourth-order valence-corrected chi connectivity index (χ4v) is 2.88. The molecule has 0 aliphatic carbocycles. The van der Waals surface area contributed by atoms with Crippen LogP contribution in [0.2, 0.25) is 0 Å². The van der Waals surface area contributed by atoms with Crippen molar-refractivity contribution in [2.75, 3.05) is 5.32 Å². The number of hydrogen-bond acceptors (Lipinski definition) is 4. The number of nitrogens with zero attached hydrogens (tertiary/aromatic N) is 3. The molecule has 0 atom stereocenters. The maximum atomic E-state index is 13.1. The average molecular weight is 386 g/mol.